The quantitative estimate of drug-likeness (QED) is 0.814. The lowest BCUT2D eigenvalue weighted by atomic mass is 10.1. The molecule has 1 aromatic carbocycles. The molecule has 8 heteroatoms. The fourth-order valence-corrected chi connectivity index (χ4v) is 3.81. The first-order chi connectivity index (χ1) is 14.2. The molecule has 4 heterocycles. The molecule has 148 valence electrons. The third-order valence-corrected chi connectivity index (χ3v) is 5.53. The van der Waals surface area contributed by atoms with E-state index in [9.17, 15) is 4.39 Å². The highest BCUT2D eigenvalue weighted by Crippen LogP contribution is 2.26. The Bertz CT molecular complexity index is 1040. The van der Waals surface area contributed by atoms with Crippen LogP contribution in [0.1, 0.15) is 24.8 Å². The molecule has 3 aliphatic heterocycles. The molecule has 1 N–H and O–H groups in total. The normalized spacial score (nSPS) is 19.9. The van der Waals surface area contributed by atoms with E-state index in [2.05, 4.69) is 33.4 Å². The highest BCUT2D eigenvalue weighted by Gasteiger charge is 2.33. The van der Waals surface area contributed by atoms with Gasteiger partial charge in [0.15, 0.2) is 12.0 Å². The highest BCUT2D eigenvalue weighted by atomic mass is 19.1. The topological polar surface area (TPSA) is 60.8 Å². The van der Waals surface area contributed by atoms with Crippen LogP contribution < -0.4 is 5.32 Å². The maximum absolute atomic E-state index is 13.2. The van der Waals surface area contributed by atoms with Crippen molar-refractivity contribution in [2.24, 2.45) is 10.1 Å². The molecule has 0 saturated carbocycles. The second kappa shape index (κ2) is 7.36. The molecule has 1 saturated heterocycles. The molecule has 0 radical (unpaired) electrons. The Morgan fingerprint density at radius 2 is 1.97 bits per heavy atom. The fourth-order valence-electron chi connectivity index (χ4n) is 3.81. The number of hydrogen-bond acceptors (Lipinski definition) is 5. The van der Waals surface area contributed by atoms with Gasteiger partial charge in [-0.05, 0) is 68.3 Å². The predicted molar refractivity (Wildman–Crippen MR) is 108 cm³/mol. The monoisotopic (exact) mass is 392 g/mol. The van der Waals surface area contributed by atoms with Gasteiger partial charge in [-0.2, -0.15) is 5.10 Å². The van der Waals surface area contributed by atoms with Gasteiger partial charge in [0.1, 0.15) is 5.82 Å². The number of aliphatic imine (C=N–C) groups is 1. The van der Waals surface area contributed by atoms with Gasteiger partial charge in [-0.25, -0.2) is 9.07 Å². The molecule has 29 heavy (non-hydrogen) atoms. The lowest BCUT2D eigenvalue weighted by Crippen LogP contribution is -2.40. The number of benzene rings is 1. The van der Waals surface area contributed by atoms with Crippen molar-refractivity contribution < 1.29 is 9.09 Å². The molecule has 0 amide bonds. The van der Waals surface area contributed by atoms with Crippen LogP contribution in [0.3, 0.4) is 0 Å². The third kappa shape index (κ3) is 3.63. The van der Waals surface area contributed by atoms with Gasteiger partial charge in [0.2, 0.25) is 5.70 Å². The van der Waals surface area contributed by atoms with Crippen LogP contribution in [0.4, 0.5) is 4.39 Å². The molecule has 0 aliphatic carbocycles. The number of aromatic nitrogens is 2. The highest BCUT2D eigenvalue weighted by molar-refractivity contribution is 5.85. The van der Waals surface area contributed by atoms with E-state index in [1.165, 1.54) is 12.1 Å². The van der Waals surface area contributed by atoms with E-state index in [1.807, 2.05) is 17.1 Å². The van der Waals surface area contributed by atoms with E-state index in [-0.39, 0.29) is 5.82 Å². The van der Waals surface area contributed by atoms with E-state index in [4.69, 9.17) is 5.11 Å². The molecule has 3 aliphatic rings. The second-order valence-corrected chi connectivity index (χ2v) is 7.64. The number of rotatable bonds is 4. The predicted octanol–water partition coefficient (Wildman–Crippen LogP) is 3.12. The zero-order valence-electron chi connectivity index (χ0n) is 16.3. The number of hydrogen-bond donors (Lipinski definition) is 1. The summed E-state index contributed by atoms with van der Waals surface area (Å²) >= 11 is 0. The molecule has 0 unspecified atom stereocenters. The van der Waals surface area contributed by atoms with Crippen LogP contribution in [0.2, 0.25) is 0 Å². The van der Waals surface area contributed by atoms with Crippen LogP contribution in [0.25, 0.3) is 11.4 Å². The molecule has 0 atom stereocenters. The van der Waals surface area contributed by atoms with Gasteiger partial charge >= 0.3 is 5.84 Å². The summed E-state index contributed by atoms with van der Waals surface area (Å²) in [6.07, 6.45) is 10.6. The Morgan fingerprint density at radius 1 is 1.17 bits per heavy atom. The summed E-state index contributed by atoms with van der Waals surface area (Å²) in [6, 6.07) is 6.72. The SMILES string of the molecule is CN1CCC(NC2=CCC3=NC=C(c4cnn(-c5ccc(F)cc5)c4)[N+]3=N2)CC1. The average molecular weight is 392 g/mol. The summed E-state index contributed by atoms with van der Waals surface area (Å²) in [6.45, 7) is 2.21. The third-order valence-electron chi connectivity index (χ3n) is 5.53. The molecular weight excluding hydrogens is 369 g/mol. The molecule has 1 fully saturated rings. The minimum Gasteiger partial charge on any atom is -0.364 e. The van der Waals surface area contributed by atoms with E-state index >= 15 is 0 Å². The summed E-state index contributed by atoms with van der Waals surface area (Å²) in [5, 5.41) is 12.8. The zero-order chi connectivity index (χ0) is 19.8. The van der Waals surface area contributed by atoms with Crippen molar-refractivity contribution in [3.63, 3.8) is 0 Å². The fraction of sp³-hybridized carbons (Fsp3) is 0.333. The van der Waals surface area contributed by atoms with Gasteiger partial charge in [0, 0.05) is 12.2 Å². The number of amidine groups is 1. The number of azo groups is 2. The lowest BCUT2D eigenvalue weighted by Gasteiger charge is -2.30. The first-order valence-electron chi connectivity index (χ1n) is 9.90. The van der Waals surface area contributed by atoms with Crippen molar-refractivity contribution in [2.45, 2.75) is 25.3 Å². The average Bonchev–Trinajstić information content (AvgIpc) is 3.37. The van der Waals surface area contributed by atoms with Crippen LogP contribution in [0, 0.1) is 5.82 Å². The Morgan fingerprint density at radius 3 is 2.76 bits per heavy atom. The van der Waals surface area contributed by atoms with Crippen LogP contribution in [-0.4, -0.2) is 51.4 Å². The van der Waals surface area contributed by atoms with E-state index < -0.39 is 0 Å². The van der Waals surface area contributed by atoms with Gasteiger partial charge < -0.3 is 10.2 Å². The number of halogens is 1. The minimum atomic E-state index is -0.263. The summed E-state index contributed by atoms with van der Waals surface area (Å²) in [4.78, 5) is 6.88. The summed E-state index contributed by atoms with van der Waals surface area (Å²) in [7, 11) is 2.16. The summed E-state index contributed by atoms with van der Waals surface area (Å²) < 4.78 is 16.8. The Kier molecular flexibility index (Phi) is 4.55. The maximum atomic E-state index is 13.2. The lowest BCUT2D eigenvalue weighted by molar-refractivity contribution is -0.379. The zero-order valence-corrected chi connectivity index (χ0v) is 16.3. The summed E-state index contributed by atoms with van der Waals surface area (Å²) in [5.41, 5.74) is 2.61. The van der Waals surface area contributed by atoms with E-state index in [1.54, 1.807) is 23.0 Å². The minimum absolute atomic E-state index is 0.263. The van der Waals surface area contributed by atoms with Crippen LogP contribution in [0.5, 0.6) is 0 Å². The molecule has 2 aromatic rings. The van der Waals surface area contributed by atoms with Crippen LogP contribution in [0.15, 0.2) is 64.9 Å². The van der Waals surface area contributed by atoms with Gasteiger partial charge in [-0.15, -0.1) is 0 Å². The van der Waals surface area contributed by atoms with Crippen LogP contribution in [-0.2, 0) is 0 Å². The molecular formula is C21H23FN7+. The largest absolute Gasteiger partial charge is 0.364 e. The Hall–Kier alpha value is -3.13. The first kappa shape index (κ1) is 17.9. The number of fused-ring (bicyclic) bond motifs is 1. The van der Waals surface area contributed by atoms with Crippen molar-refractivity contribution in [3.8, 4) is 5.69 Å². The summed E-state index contributed by atoms with van der Waals surface area (Å²) in [5.74, 6) is 1.54. The second-order valence-electron chi connectivity index (χ2n) is 7.64. The van der Waals surface area contributed by atoms with E-state index in [0.29, 0.717) is 6.04 Å². The van der Waals surface area contributed by atoms with Crippen molar-refractivity contribution in [1.82, 2.24) is 20.0 Å². The van der Waals surface area contributed by atoms with Crippen molar-refractivity contribution >= 4 is 11.5 Å². The number of nitrogens with one attached hydrogen (secondary N) is 1. The molecule has 7 nitrogen and oxygen atoms in total. The maximum Gasteiger partial charge on any atom is 0.328 e. The Labute approximate surface area is 168 Å². The molecule has 0 bridgehead atoms. The number of likely N-dealkylation sites (tertiary alicyclic amines) is 1. The van der Waals surface area contributed by atoms with E-state index in [0.717, 1.165) is 61.0 Å². The van der Waals surface area contributed by atoms with Gasteiger partial charge in [-0.3, -0.25) is 0 Å². The molecule has 0 spiro atoms. The van der Waals surface area contributed by atoms with Gasteiger partial charge in [0.05, 0.1) is 23.9 Å². The number of piperidine rings is 1. The first-order valence-corrected chi connectivity index (χ1v) is 9.90. The van der Waals surface area contributed by atoms with Crippen molar-refractivity contribution in [3.05, 3.63) is 66.1 Å². The molecule has 1 aromatic heterocycles. The van der Waals surface area contributed by atoms with Gasteiger partial charge in [0.25, 0.3) is 0 Å². The smallest absolute Gasteiger partial charge is 0.328 e. The Balaban J connectivity index is 1.34. The van der Waals surface area contributed by atoms with Crippen molar-refractivity contribution in [2.75, 3.05) is 20.1 Å². The van der Waals surface area contributed by atoms with Crippen LogP contribution >= 0.6 is 0 Å². The molecule has 5 rings (SSSR count). The number of nitrogens with zero attached hydrogens (tertiary/aromatic N) is 6. The van der Waals surface area contributed by atoms with Crippen molar-refractivity contribution in [1.29, 1.82) is 0 Å². The van der Waals surface area contributed by atoms with Gasteiger partial charge in [-0.1, -0.05) is 9.81 Å². The standard InChI is InChI=1S/C21H23FN7/c1-27-10-8-17(9-11-27)25-20-6-7-21-23-13-19(29(21)26-20)15-12-24-28(14-15)18-4-2-16(22)3-5-18/h2-6,12-14,17,25H,7-11H2,1H3/q+1.